The van der Waals surface area contributed by atoms with E-state index in [1.54, 1.807) is 0 Å². The Bertz CT molecular complexity index is 323. The van der Waals surface area contributed by atoms with E-state index in [2.05, 4.69) is 31.3 Å². The number of aliphatic hydroxyl groups excluding tert-OH is 2. The van der Waals surface area contributed by atoms with Crippen LogP contribution in [0.3, 0.4) is 0 Å². The van der Waals surface area contributed by atoms with Crippen LogP contribution in [0.2, 0.25) is 0 Å². The van der Waals surface area contributed by atoms with Gasteiger partial charge in [0.05, 0.1) is 6.61 Å². The van der Waals surface area contributed by atoms with Gasteiger partial charge >= 0.3 is 0 Å². The maximum absolute atomic E-state index is 9.40. The number of aliphatic hydroxyl groups is 2. The van der Waals surface area contributed by atoms with Crippen LogP contribution in [-0.4, -0.2) is 36.0 Å². The fourth-order valence-corrected chi connectivity index (χ4v) is 1.78. The Labute approximate surface area is 110 Å². The Balaban J connectivity index is 2.48. The largest absolute Gasteiger partial charge is 0.396 e. The highest BCUT2D eigenvalue weighted by molar-refractivity contribution is 5.15. The third-order valence-electron chi connectivity index (χ3n) is 3.60. The summed E-state index contributed by atoms with van der Waals surface area (Å²) in [6, 6.07) is 10.2. The summed E-state index contributed by atoms with van der Waals surface area (Å²) in [5.41, 5.74) is 1.11. The molecule has 3 heteroatoms. The second kappa shape index (κ2) is 7.52. The molecule has 0 fully saturated rings. The first kappa shape index (κ1) is 15.2. The van der Waals surface area contributed by atoms with Crippen LogP contribution in [0.4, 0.5) is 0 Å². The van der Waals surface area contributed by atoms with Crippen molar-refractivity contribution in [3.63, 3.8) is 0 Å². The summed E-state index contributed by atoms with van der Waals surface area (Å²) in [5.74, 6) is 0. The van der Waals surface area contributed by atoms with Crippen molar-refractivity contribution >= 4 is 0 Å². The molecule has 18 heavy (non-hydrogen) atoms. The quantitative estimate of drug-likeness (QED) is 0.657. The lowest BCUT2D eigenvalue weighted by molar-refractivity contribution is 0.125. The highest BCUT2D eigenvalue weighted by Crippen LogP contribution is 2.18. The molecule has 0 aliphatic rings. The fraction of sp³-hybridized carbons (Fsp3) is 0.600. The number of rotatable bonds is 8. The Morgan fingerprint density at radius 2 is 1.89 bits per heavy atom. The number of nitrogens with one attached hydrogen (secondary N) is 1. The Morgan fingerprint density at radius 3 is 2.39 bits per heavy atom. The van der Waals surface area contributed by atoms with Crippen molar-refractivity contribution in [3.8, 4) is 0 Å². The van der Waals surface area contributed by atoms with Gasteiger partial charge in [0.25, 0.3) is 0 Å². The van der Waals surface area contributed by atoms with Gasteiger partial charge in [0, 0.05) is 24.6 Å². The summed E-state index contributed by atoms with van der Waals surface area (Å²) < 4.78 is 0. The second-order valence-electron chi connectivity index (χ2n) is 5.27. The van der Waals surface area contributed by atoms with Gasteiger partial charge in [0.15, 0.2) is 0 Å². The monoisotopic (exact) mass is 251 g/mol. The van der Waals surface area contributed by atoms with Crippen molar-refractivity contribution in [3.05, 3.63) is 35.9 Å². The molecule has 102 valence electrons. The standard InChI is InChI=1S/C15H25NO2/c1-3-15(2,12-18)11-16-14(10-17)9-13-7-5-4-6-8-13/h4-8,14,16-18H,3,9-12H2,1-2H3/t14-,15?/m1/s1. The van der Waals surface area contributed by atoms with Gasteiger partial charge in [-0.05, 0) is 18.4 Å². The zero-order valence-corrected chi connectivity index (χ0v) is 11.4. The molecule has 0 bridgehead atoms. The fourth-order valence-electron chi connectivity index (χ4n) is 1.78. The first-order valence-corrected chi connectivity index (χ1v) is 6.62. The summed E-state index contributed by atoms with van der Waals surface area (Å²) in [5, 5.41) is 22.1. The van der Waals surface area contributed by atoms with Gasteiger partial charge in [-0.3, -0.25) is 0 Å². The van der Waals surface area contributed by atoms with Gasteiger partial charge in [-0.2, -0.15) is 0 Å². The number of hydrogen-bond donors (Lipinski definition) is 3. The Morgan fingerprint density at radius 1 is 1.22 bits per heavy atom. The first-order valence-electron chi connectivity index (χ1n) is 6.62. The summed E-state index contributed by atoms with van der Waals surface area (Å²) in [7, 11) is 0. The molecule has 3 N–H and O–H groups in total. The van der Waals surface area contributed by atoms with Gasteiger partial charge in [-0.15, -0.1) is 0 Å². The van der Waals surface area contributed by atoms with Crippen molar-refractivity contribution in [2.24, 2.45) is 5.41 Å². The van der Waals surface area contributed by atoms with E-state index in [9.17, 15) is 10.2 Å². The molecule has 1 aromatic rings. The maximum Gasteiger partial charge on any atom is 0.0587 e. The number of hydrogen-bond acceptors (Lipinski definition) is 3. The highest BCUT2D eigenvalue weighted by Gasteiger charge is 2.22. The van der Waals surface area contributed by atoms with E-state index in [1.807, 2.05) is 18.2 Å². The van der Waals surface area contributed by atoms with Crippen molar-refractivity contribution in [1.29, 1.82) is 0 Å². The van der Waals surface area contributed by atoms with Gasteiger partial charge in [-0.25, -0.2) is 0 Å². The summed E-state index contributed by atoms with van der Waals surface area (Å²) in [4.78, 5) is 0. The molecule has 0 aliphatic heterocycles. The van der Waals surface area contributed by atoms with E-state index < -0.39 is 0 Å². The topological polar surface area (TPSA) is 52.5 Å². The van der Waals surface area contributed by atoms with Crippen molar-refractivity contribution < 1.29 is 10.2 Å². The minimum Gasteiger partial charge on any atom is -0.396 e. The van der Waals surface area contributed by atoms with Gasteiger partial charge in [0.2, 0.25) is 0 Å². The lowest BCUT2D eigenvalue weighted by atomic mass is 9.88. The van der Waals surface area contributed by atoms with Crippen molar-refractivity contribution in [2.75, 3.05) is 19.8 Å². The Hall–Kier alpha value is -0.900. The third kappa shape index (κ3) is 4.77. The normalized spacial score (nSPS) is 16.2. The lowest BCUT2D eigenvalue weighted by Gasteiger charge is -2.28. The zero-order valence-electron chi connectivity index (χ0n) is 11.4. The molecule has 0 heterocycles. The molecule has 0 amide bonds. The molecule has 0 saturated heterocycles. The minimum absolute atomic E-state index is 0.0461. The maximum atomic E-state index is 9.40. The van der Waals surface area contributed by atoms with Crippen LogP contribution >= 0.6 is 0 Å². The molecule has 1 rings (SSSR count). The first-order chi connectivity index (χ1) is 8.63. The van der Waals surface area contributed by atoms with Crippen molar-refractivity contribution in [2.45, 2.75) is 32.7 Å². The van der Waals surface area contributed by atoms with E-state index in [-0.39, 0.29) is 24.7 Å². The van der Waals surface area contributed by atoms with Crippen LogP contribution in [0.15, 0.2) is 30.3 Å². The van der Waals surface area contributed by atoms with Crippen LogP contribution in [0.25, 0.3) is 0 Å². The Kier molecular flexibility index (Phi) is 6.33. The van der Waals surface area contributed by atoms with E-state index >= 15 is 0 Å². The molecule has 0 aliphatic carbocycles. The molecular formula is C15H25NO2. The van der Waals surface area contributed by atoms with Gasteiger partial charge < -0.3 is 15.5 Å². The summed E-state index contributed by atoms with van der Waals surface area (Å²) in [6.07, 6.45) is 1.72. The van der Waals surface area contributed by atoms with Crippen LogP contribution in [-0.2, 0) is 6.42 Å². The molecule has 0 radical (unpaired) electrons. The third-order valence-corrected chi connectivity index (χ3v) is 3.60. The minimum atomic E-state index is -0.107. The molecular weight excluding hydrogens is 226 g/mol. The molecule has 2 atom stereocenters. The SMILES string of the molecule is CCC(C)(CO)CN[C@@H](CO)Cc1ccccc1. The smallest absolute Gasteiger partial charge is 0.0587 e. The van der Waals surface area contributed by atoms with E-state index in [1.165, 1.54) is 5.56 Å². The molecule has 1 unspecified atom stereocenters. The molecule has 0 spiro atoms. The average molecular weight is 251 g/mol. The van der Waals surface area contributed by atoms with Crippen molar-refractivity contribution in [1.82, 2.24) is 5.32 Å². The molecule has 0 aromatic heterocycles. The van der Waals surface area contributed by atoms with Gasteiger partial charge in [0.1, 0.15) is 0 Å². The van der Waals surface area contributed by atoms with E-state index in [0.29, 0.717) is 0 Å². The van der Waals surface area contributed by atoms with Crippen LogP contribution in [0.5, 0.6) is 0 Å². The lowest BCUT2D eigenvalue weighted by Crippen LogP contribution is -2.42. The molecule has 1 aromatic carbocycles. The van der Waals surface area contributed by atoms with E-state index in [0.717, 1.165) is 19.4 Å². The molecule has 0 saturated carbocycles. The zero-order chi connectivity index (χ0) is 13.4. The predicted molar refractivity (Wildman–Crippen MR) is 74.5 cm³/mol. The average Bonchev–Trinajstić information content (AvgIpc) is 2.44. The summed E-state index contributed by atoms with van der Waals surface area (Å²) >= 11 is 0. The highest BCUT2D eigenvalue weighted by atomic mass is 16.3. The van der Waals surface area contributed by atoms with Crippen LogP contribution in [0.1, 0.15) is 25.8 Å². The van der Waals surface area contributed by atoms with Crippen LogP contribution < -0.4 is 5.32 Å². The molecule has 3 nitrogen and oxygen atoms in total. The van der Waals surface area contributed by atoms with Crippen LogP contribution in [0, 0.1) is 5.41 Å². The number of benzene rings is 1. The predicted octanol–water partition coefficient (Wildman–Crippen LogP) is 1.59. The second-order valence-corrected chi connectivity index (χ2v) is 5.27. The van der Waals surface area contributed by atoms with E-state index in [4.69, 9.17) is 0 Å². The van der Waals surface area contributed by atoms with Gasteiger partial charge in [-0.1, -0.05) is 44.2 Å². The summed E-state index contributed by atoms with van der Waals surface area (Å²) in [6.45, 7) is 5.12.